The molecule has 0 bridgehead atoms. The van der Waals surface area contributed by atoms with E-state index in [1.165, 1.54) is 24.8 Å². The molecular weight excluding hydrogens is 501 g/mol. The lowest BCUT2D eigenvalue weighted by Gasteiger charge is -2.28. The predicted octanol–water partition coefficient (Wildman–Crippen LogP) is 9.53. The van der Waals surface area contributed by atoms with E-state index in [1.807, 2.05) is 25.1 Å². The van der Waals surface area contributed by atoms with Crippen LogP contribution in [-0.2, 0) is 16.0 Å². The summed E-state index contributed by atoms with van der Waals surface area (Å²) in [6.45, 7) is 6.28. The van der Waals surface area contributed by atoms with E-state index >= 15 is 0 Å². The summed E-state index contributed by atoms with van der Waals surface area (Å²) >= 11 is 0. The fourth-order valence-corrected chi connectivity index (χ4v) is 5.55. The minimum absolute atomic E-state index is 0.0946. The molecule has 1 aliphatic carbocycles. The van der Waals surface area contributed by atoms with E-state index in [-0.39, 0.29) is 18.6 Å². The van der Waals surface area contributed by atoms with Gasteiger partial charge in [0.15, 0.2) is 6.17 Å². The average molecular weight is 550 g/mol. The zero-order chi connectivity index (χ0) is 28.7. The molecule has 40 heavy (non-hydrogen) atoms. The number of nitrogens with zero attached hydrogens (tertiary/aromatic N) is 1. The second kappa shape index (κ2) is 17.1. The van der Waals surface area contributed by atoms with Crippen LogP contribution >= 0.6 is 0 Å². The number of halogens is 1. The van der Waals surface area contributed by atoms with Crippen molar-refractivity contribution in [3.05, 3.63) is 53.6 Å². The highest BCUT2D eigenvalue weighted by molar-refractivity contribution is 5.74. The molecule has 5 heteroatoms. The van der Waals surface area contributed by atoms with Gasteiger partial charge in [0, 0.05) is 0 Å². The predicted molar refractivity (Wildman–Crippen MR) is 160 cm³/mol. The summed E-state index contributed by atoms with van der Waals surface area (Å²) < 4.78 is 25.5. The number of carbonyl (C=O) groups excluding carboxylic acids is 1. The third-order valence-electron chi connectivity index (χ3n) is 8.16. The Morgan fingerprint density at radius 3 is 2.33 bits per heavy atom. The van der Waals surface area contributed by atoms with Gasteiger partial charge in [0.1, 0.15) is 17.9 Å². The fraction of sp³-hybridized carbons (Fsp3) is 0.600. The van der Waals surface area contributed by atoms with E-state index in [9.17, 15) is 14.4 Å². The topological polar surface area (TPSA) is 59.3 Å². The van der Waals surface area contributed by atoms with Crippen LogP contribution in [0.2, 0.25) is 0 Å². The van der Waals surface area contributed by atoms with E-state index in [0.717, 1.165) is 68.9 Å². The van der Waals surface area contributed by atoms with E-state index in [1.54, 1.807) is 0 Å². The second-order valence-corrected chi connectivity index (χ2v) is 11.5. The molecule has 0 radical (unpaired) electrons. The van der Waals surface area contributed by atoms with Crippen LogP contribution in [0, 0.1) is 17.2 Å². The van der Waals surface area contributed by atoms with Crippen LogP contribution in [0.4, 0.5) is 4.39 Å². The normalized spacial score (nSPS) is 18.5. The lowest BCUT2D eigenvalue weighted by atomic mass is 9.83. The van der Waals surface area contributed by atoms with Crippen molar-refractivity contribution in [3.8, 4) is 22.9 Å². The monoisotopic (exact) mass is 549 g/mol. The van der Waals surface area contributed by atoms with Crippen molar-refractivity contribution in [2.45, 2.75) is 129 Å². The van der Waals surface area contributed by atoms with Crippen LogP contribution < -0.4 is 4.74 Å². The lowest BCUT2D eigenvalue weighted by Crippen LogP contribution is -2.29. The number of unbranched alkanes of at least 4 members (excludes halogenated alkanes) is 4. The minimum Gasteiger partial charge on any atom is -0.489 e. The van der Waals surface area contributed by atoms with Gasteiger partial charge >= 0.3 is 5.97 Å². The van der Waals surface area contributed by atoms with Crippen molar-refractivity contribution in [2.75, 3.05) is 0 Å². The molecular formula is C35H48FNO3. The number of carbonyl (C=O) groups is 1. The molecule has 0 aliphatic heterocycles. The number of rotatable bonds is 16. The number of hydrogen-bond donors (Lipinski definition) is 0. The van der Waals surface area contributed by atoms with Gasteiger partial charge in [-0.2, -0.15) is 5.26 Å². The number of aryl methyl sites for hydroxylation is 1. The first-order chi connectivity index (χ1) is 19.4. The van der Waals surface area contributed by atoms with Gasteiger partial charge in [-0.05, 0) is 99.5 Å². The number of hydrogen-bond acceptors (Lipinski definition) is 4. The van der Waals surface area contributed by atoms with Crippen LogP contribution in [0.15, 0.2) is 42.5 Å². The summed E-state index contributed by atoms with van der Waals surface area (Å²) in [6, 6.07) is 16.8. The van der Waals surface area contributed by atoms with Crippen molar-refractivity contribution < 1.29 is 18.7 Å². The second-order valence-electron chi connectivity index (χ2n) is 11.5. The summed E-state index contributed by atoms with van der Waals surface area (Å²) in [6.07, 6.45) is 12.0. The molecule has 1 aliphatic rings. The van der Waals surface area contributed by atoms with Gasteiger partial charge in [-0.15, -0.1) is 0 Å². The maximum Gasteiger partial charge on any atom is 0.340 e. The lowest BCUT2D eigenvalue weighted by molar-refractivity contribution is -0.157. The van der Waals surface area contributed by atoms with Gasteiger partial charge in [0.25, 0.3) is 0 Å². The Morgan fingerprint density at radius 1 is 0.950 bits per heavy atom. The van der Waals surface area contributed by atoms with Gasteiger partial charge in [0.2, 0.25) is 0 Å². The Bertz CT molecular complexity index is 1070. The van der Waals surface area contributed by atoms with Crippen molar-refractivity contribution in [1.29, 1.82) is 5.26 Å². The van der Waals surface area contributed by atoms with E-state index in [4.69, 9.17) is 9.47 Å². The Kier molecular flexibility index (Phi) is 13.5. The van der Waals surface area contributed by atoms with Crippen LogP contribution in [0.3, 0.4) is 0 Å². The summed E-state index contributed by atoms with van der Waals surface area (Å²) in [5, 5.41) is 9.73. The molecule has 4 nitrogen and oxygen atoms in total. The maximum atomic E-state index is 13.9. The molecule has 1 saturated carbocycles. The highest BCUT2D eigenvalue weighted by Gasteiger charge is 2.27. The SMILES string of the molecule is CCCCCC[C@@H](C)Oc1ccc(-c2ccc(CCC3CCC(OC(=O)[C@@H](F)CCCC)CC3)cc2)cc1C#N. The first-order valence-electron chi connectivity index (χ1n) is 15.6. The molecule has 0 amide bonds. The molecule has 0 spiro atoms. The molecule has 0 aromatic heterocycles. The van der Waals surface area contributed by atoms with Gasteiger partial charge < -0.3 is 9.47 Å². The summed E-state index contributed by atoms with van der Waals surface area (Å²) in [4.78, 5) is 12.0. The van der Waals surface area contributed by atoms with Crippen molar-refractivity contribution in [1.82, 2.24) is 0 Å². The highest BCUT2D eigenvalue weighted by Crippen LogP contribution is 2.31. The summed E-state index contributed by atoms with van der Waals surface area (Å²) in [7, 11) is 0. The number of benzene rings is 2. The van der Waals surface area contributed by atoms with Gasteiger partial charge in [-0.25, -0.2) is 9.18 Å². The fourth-order valence-electron chi connectivity index (χ4n) is 5.55. The number of ether oxygens (including phenoxy) is 2. The molecule has 3 rings (SSSR count). The largest absolute Gasteiger partial charge is 0.489 e. The van der Waals surface area contributed by atoms with Crippen LogP contribution in [0.5, 0.6) is 5.75 Å². The Morgan fingerprint density at radius 2 is 1.65 bits per heavy atom. The molecule has 0 saturated heterocycles. The van der Waals surface area contributed by atoms with Gasteiger partial charge in [-0.3, -0.25) is 0 Å². The van der Waals surface area contributed by atoms with Crippen molar-refractivity contribution in [2.24, 2.45) is 5.92 Å². The van der Waals surface area contributed by atoms with Crippen LogP contribution in [-0.4, -0.2) is 24.3 Å². The van der Waals surface area contributed by atoms with E-state index < -0.39 is 12.1 Å². The van der Waals surface area contributed by atoms with Crippen molar-refractivity contribution >= 4 is 5.97 Å². The average Bonchev–Trinajstić information content (AvgIpc) is 2.98. The molecule has 2 aromatic carbocycles. The standard InChI is InChI=1S/C35H48FNO3/c1-4-6-8-9-10-26(3)39-34-23-20-30(24-31(34)25-37)29-18-14-27(15-19-29)12-13-28-16-21-32(22-17-28)40-35(38)33(36)11-7-5-2/h14-15,18-20,23-24,26,28,32-33H,4-13,16-17,21-22H2,1-3H3/t26-,28?,32?,33+/m1/s1. The van der Waals surface area contributed by atoms with Gasteiger partial charge in [-0.1, -0.05) is 76.3 Å². The molecule has 0 N–H and O–H groups in total. The third kappa shape index (κ3) is 10.3. The molecule has 218 valence electrons. The first-order valence-corrected chi connectivity index (χ1v) is 15.6. The van der Waals surface area contributed by atoms with Gasteiger partial charge in [0.05, 0.1) is 11.7 Å². The molecule has 1 fully saturated rings. The molecule has 0 unspecified atom stereocenters. The van der Waals surface area contributed by atoms with Crippen molar-refractivity contribution in [3.63, 3.8) is 0 Å². The zero-order valence-electron chi connectivity index (χ0n) is 24.8. The molecule has 0 heterocycles. The quantitative estimate of drug-likeness (QED) is 0.154. The Labute approximate surface area is 241 Å². The summed E-state index contributed by atoms with van der Waals surface area (Å²) in [5.74, 6) is 0.598. The van der Waals surface area contributed by atoms with E-state index in [0.29, 0.717) is 23.7 Å². The van der Waals surface area contributed by atoms with Crippen LogP contribution in [0.1, 0.15) is 115 Å². The van der Waals surface area contributed by atoms with E-state index in [2.05, 4.69) is 44.2 Å². The Balaban J connectivity index is 1.45. The minimum atomic E-state index is -1.48. The zero-order valence-corrected chi connectivity index (χ0v) is 24.8. The summed E-state index contributed by atoms with van der Waals surface area (Å²) in [5.41, 5.74) is 3.98. The third-order valence-corrected chi connectivity index (χ3v) is 8.16. The maximum absolute atomic E-state index is 13.9. The number of alkyl halides is 1. The highest BCUT2D eigenvalue weighted by atomic mass is 19.1. The smallest absolute Gasteiger partial charge is 0.340 e. The molecule has 2 aromatic rings. The Hall–Kier alpha value is -2.87. The van der Waals surface area contributed by atoms with Crippen LogP contribution in [0.25, 0.3) is 11.1 Å². The number of esters is 1. The molecule has 2 atom stereocenters. The first kappa shape index (κ1) is 31.7. The number of nitriles is 1.